The Morgan fingerprint density at radius 2 is 1.89 bits per heavy atom. The van der Waals surface area contributed by atoms with Crippen molar-refractivity contribution < 1.29 is 21.9 Å². The Kier molecular flexibility index (Phi) is 3.78. The molecule has 0 atom stereocenters. The fourth-order valence-corrected chi connectivity index (χ4v) is 3.44. The number of halogens is 2. The van der Waals surface area contributed by atoms with E-state index in [1.165, 1.54) is 19.2 Å². The molecule has 0 radical (unpaired) electrons. The molecule has 0 aliphatic carbocycles. The van der Waals surface area contributed by atoms with Gasteiger partial charge in [-0.05, 0) is 12.1 Å². The van der Waals surface area contributed by atoms with E-state index >= 15 is 0 Å². The van der Waals surface area contributed by atoms with Crippen molar-refractivity contribution in [1.29, 1.82) is 0 Å². The predicted octanol–water partition coefficient (Wildman–Crippen LogP) is 2.12. The Balaban J connectivity index is 2.23. The summed E-state index contributed by atoms with van der Waals surface area (Å²) in [6, 6.07) is 6.01. The lowest BCUT2D eigenvalue weighted by molar-refractivity contribution is -0.0412. The lowest BCUT2D eigenvalue weighted by Crippen LogP contribution is -2.42. The summed E-state index contributed by atoms with van der Waals surface area (Å²) in [5.41, 5.74) is 0. The summed E-state index contributed by atoms with van der Waals surface area (Å²) in [6.45, 7) is -0.320. The number of piperidine rings is 1. The van der Waals surface area contributed by atoms with Crippen LogP contribution in [0.15, 0.2) is 29.2 Å². The van der Waals surface area contributed by atoms with E-state index in [9.17, 15) is 17.2 Å². The van der Waals surface area contributed by atoms with E-state index in [-0.39, 0.29) is 18.0 Å². The maximum atomic E-state index is 13.0. The Bertz CT molecular complexity index is 550. The second kappa shape index (κ2) is 5.05. The van der Waals surface area contributed by atoms with Crippen molar-refractivity contribution in [2.45, 2.75) is 23.7 Å². The van der Waals surface area contributed by atoms with E-state index in [0.717, 1.165) is 4.31 Å². The minimum atomic E-state index is -3.72. The van der Waals surface area contributed by atoms with Gasteiger partial charge in [0.05, 0.1) is 12.0 Å². The molecule has 19 heavy (non-hydrogen) atoms. The predicted molar refractivity (Wildman–Crippen MR) is 65.9 cm³/mol. The molecule has 2 rings (SSSR count). The van der Waals surface area contributed by atoms with Gasteiger partial charge in [-0.15, -0.1) is 0 Å². The van der Waals surface area contributed by atoms with Crippen LogP contribution in [0.25, 0.3) is 0 Å². The van der Waals surface area contributed by atoms with Gasteiger partial charge in [0.25, 0.3) is 5.92 Å². The van der Waals surface area contributed by atoms with Gasteiger partial charge in [-0.1, -0.05) is 6.07 Å². The van der Waals surface area contributed by atoms with Crippen molar-refractivity contribution in [3.63, 3.8) is 0 Å². The molecule has 1 fully saturated rings. The van der Waals surface area contributed by atoms with Crippen molar-refractivity contribution in [2.75, 3.05) is 20.2 Å². The van der Waals surface area contributed by atoms with Crippen LogP contribution in [0, 0.1) is 0 Å². The van der Waals surface area contributed by atoms with Gasteiger partial charge < -0.3 is 4.74 Å². The molecule has 1 aliphatic rings. The van der Waals surface area contributed by atoms with Gasteiger partial charge in [-0.25, -0.2) is 17.2 Å². The highest BCUT2D eigenvalue weighted by molar-refractivity contribution is 7.89. The summed E-state index contributed by atoms with van der Waals surface area (Å²) in [5, 5.41) is 0. The summed E-state index contributed by atoms with van der Waals surface area (Å²) in [6.07, 6.45) is -0.869. The van der Waals surface area contributed by atoms with E-state index in [4.69, 9.17) is 4.74 Å². The number of benzene rings is 1. The molecule has 7 heteroatoms. The Hall–Kier alpha value is -1.21. The molecule has 1 heterocycles. The Morgan fingerprint density at radius 1 is 1.26 bits per heavy atom. The first kappa shape index (κ1) is 14.2. The normalized spacial score (nSPS) is 20.2. The first-order valence-electron chi connectivity index (χ1n) is 5.87. The Morgan fingerprint density at radius 3 is 2.47 bits per heavy atom. The van der Waals surface area contributed by atoms with Crippen LogP contribution in [0.2, 0.25) is 0 Å². The average molecular weight is 291 g/mol. The van der Waals surface area contributed by atoms with Gasteiger partial charge in [0.2, 0.25) is 10.0 Å². The molecule has 0 unspecified atom stereocenters. The van der Waals surface area contributed by atoms with Crippen molar-refractivity contribution in [3.05, 3.63) is 24.3 Å². The third-order valence-electron chi connectivity index (χ3n) is 3.13. The standard InChI is InChI=1S/C12H15F2NO3S/c1-18-10-3-2-4-11(9-10)19(16,17)15-7-5-12(13,14)6-8-15/h2-4,9H,5-8H2,1H3. The monoisotopic (exact) mass is 291 g/mol. The molecule has 0 amide bonds. The number of hydrogen-bond donors (Lipinski definition) is 0. The zero-order chi connectivity index (χ0) is 14.1. The highest BCUT2D eigenvalue weighted by Gasteiger charge is 2.38. The van der Waals surface area contributed by atoms with Crippen LogP contribution < -0.4 is 4.74 Å². The van der Waals surface area contributed by atoms with Gasteiger partial charge in [0.1, 0.15) is 5.75 Å². The first-order valence-corrected chi connectivity index (χ1v) is 7.31. The zero-order valence-electron chi connectivity index (χ0n) is 10.5. The highest BCUT2D eigenvalue weighted by Crippen LogP contribution is 2.31. The van der Waals surface area contributed by atoms with Crippen molar-refractivity contribution >= 4 is 10.0 Å². The topological polar surface area (TPSA) is 46.6 Å². The third kappa shape index (κ3) is 3.03. The van der Waals surface area contributed by atoms with Gasteiger partial charge in [0.15, 0.2) is 0 Å². The molecule has 0 N–H and O–H groups in total. The number of sulfonamides is 1. The molecular formula is C12H15F2NO3S. The number of methoxy groups -OCH3 is 1. The number of alkyl halides is 2. The zero-order valence-corrected chi connectivity index (χ0v) is 11.3. The summed E-state index contributed by atoms with van der Waals surface area (Å²) in [7, 11) is -2.29. The quantitative estimate of drug-likeness (QED) is 0.857. The summed E-state index contributed by atoms with van der Waals surface area (Å²) in [5.74, 6) is -2.34. The lowest BCUT2D eigenvalue weighted by Gasteiger charge is -2.30. The van der Waals surface area contributed by atoms with Crippen LogP contribution in [0.1, 0.15) is 12.8 Å². The maximum Gasteiger partial charge on any atom is 0.250 e. The van der Waals surface area contributed by atoms with E-state index in [1.54, 1.807) is 12.1 Å². The fourth-order valence-electron chi connectivity index (χ4n) is 1.96. The molecule has 4 nitrogen and oxygen atoms in total. The summed E-state index contributed by atoms with van der Waals surface area (Å²) >= 11 is 0. The Labute approximate surface area is 111 Å². The number of rotatable bonds is 3. The minimum absolute atomic E-state index is 0.0667. The first-order chi connectivity index (χ1) is 8.85. The molecule has 0 aromatic heterocycles. The second-order valence-electron chi connectivity index (χ2n) is 4.44. The van der Waals surface area contributed by atoms with E-state index in [0.29, 0.717) is 5.75 Å². The number of hydrogen-bond acceptors (Lipinski definition) is 3. The van der Waals surface area contributed by atoms with Crippen LogP contribution >= 0.6 is 0 Å². The van der Waals surface area contributed by atoms with E-state index in [1.807, 2.05) is 0 Å². The fraction of sp³-hybridized carbons (Fsp3) is 0.500. The summed E-state index contributed by atoms with van der Waals surface area (Å²) < 4.78 is 56.7. The van der Waals surface area contributed by atoms with E-state index in [2.05, 4.69) is 0 Å². The molecular weight excluding hydrogens is 276 g/mol. The SMILES string of the molecule is COc1cccc(S(=O)(=O)N2CCC(F)(F)CC2)c1. The minimum Gasteiger partial charge on any atom is -0.497 e. The van der Waals surface area contributed by atoms with Crippen LogP contribution in [0.5, 0.6) is 5.75 Å². The van der Waals surface area contributed by atoms with Gasteiger partial charge in [0, 0.05) is 32.0 Å². The molecule has 1 aromatic carbocycles. The van der Waals surface area contributed by atoms with Gasteiger partial charge in [-0.3, -0.25) is 0 Å². The number of ether oxygens (including phenoxy) is 1. The van der Waals surface area contributed by atoms with Crippen molar-refractivity contribution in [2.24, 2.45) is 0 Å². The molecule has 0 bridgehead atoms. The second-order valence-corrected chi connectivity index (χ2v) is 6.38. The highest BCUT2D eigenvalue weighted by atomic mass is 32.2. The largest absolute Gasteiger partial charge is 0.497 e. The lowest BCUT2D eigenvalue weighted by atomic mass is 10.1. The van der Waals surface area contributed by atoms with Crippen LogP contribution in [0.4, 0.5) is 8.78 Å². The summed E-state index contributed by atoms with van der Waals surface area (Å²) in [4.78, 5) is 0.0667. The molecule has 106 valence electrons. The smallest absolute Gasteiger partial charge is 0.250 e. The van der Waals surface area contributed by atoms with Gasteiger partial charge in [-0.2, -0.15) is 4.31 Å². The maximum absolute atomic E-state index is 13.0. The average Bonchev–Trinajstić information content (AvgIpc) is 2.38. The molecule has 1 saturated heterocycles. The van der Waals surface area contributed by atoms with Gasteiger partial charge >= 0.3 is 0 Å². The van der Waals surface area contributed by atoms with Crippen molar-refractivity contribution in [3.8, 4) is 5.75 Å². The van der Waals surface area contributed by atoms with Crippen LogP contribution in [-0.2, 0) is 10.0 Å². The molecule has 1 aromatic rings. The molecule has 0 spiro atoms. The van der Waals surface area contributed by atoms with Crippen LogP contribution in [0.3, 0.4) is 0 Å². The van der Waals surface area contributed by atoms with E-state index < -0.39 is 28.8 Å². The van der Waals surface area contributed by atoms with Crippen LogP contribution in [-0.4, -0.2) is 38.8 Å². The number of nitrogens with zero attached hydrogens (tertiary/aromatic N) is 1. The van der Waals surface area contributed by atoms with Crippen molar-refractivity contribution in [1.82, 2.24) is 4.31 Å². The molecule has 0 saturated carbocycles. The molecule has 1 aliphatic heterocycles. The third-order valence-corrected chi connectivity index (χ3v) is 5.03.